The van der Waals surface area contributed by atoms with E-state index in [4.69, 9.17) is 0 Å². The van der Waals surface area contributed by atoms with Gasteiger partial charge in [-0.15, -0.1) is 0 Å². The SMILES string of the molecule is CN(C)C(=O)CN1CC[C@@H](NC(=O)Cc2ccsc2)[C@H](O)C1. The summed E-state index contributed by atoms with van der Waals surface area (Å²) in [5.41, 5.74) is 0.992. The van der Waals surface area contributed by atoms with E-state index in [0.29, 0.717) is 32.5 Å². The predicted octanol–water partition coefficient (Wildman–Crippen LogP) is -0.0698. The molecule has 7 heteroatoms. The smallest absolute Gasteiger partial charge is 0.236 e. The monoisotopic (exact) mass is 325 g/mol. The van der Waals surface area contributed by atoms with Crippen LogP contribution in [0.25, 0.3) is 0 Å². The van der Waals surface area contributed by atoms with Gasteiger partial charge in [-0.3, -0.25) is 14.5 Å². The van der Waals surface area contributed by atoms with Crippen LogP contribution in [0, 0.1) is 0 Å². The molecule has 0 bridgehead atoms. The van der Waals surface area contributed by atoms with Crippen LogP contribution in [-0.2, 0) is 16.0 Å². The first-order valence-corrected chi connectivity index (χ1v) is 8.31. The summed E-state index contributed by atoms with van der Waals surface area (Å²) in [4.78, 5) is 27.1. The highest BCUT2D eigenvalue weighted by Gasteiger charge is 2.29. The standard InChI is InChI=1S/C15H23N3O3S/c1-17(2)15(21)9-18-5-3-12(13(19)8-18)16-14(20)7-11-4-6-22-10-11/h4,6,10,12-13,19H,3,5,7-9H2,1-2H3,(H,16,20)/t12-,13-/m1/s1. The number of likely N-dealkylation sites (tertiary alicyclic amines) is 1. The van der Waals surface area contributed by atoms with Gasteiger partial charge < -0.3 is 15.3 Å². The van der Waals surface area contributed by atoms with E-state index in [1.807, 2.05) is 21.7 Å². The van der Waals surface area contributed by atoms with E-state index >= 15 is 0 Å². The fraction of sp³-hybridized carbons (Fsp3) is 0.600. The second kappa shape index (κ2) is 7.71. The molecule has 0 spiro atoms. The number of nitrogens with zero attached hydrogens (tertiary/aromatic N) is 2. The Bertz CT molecular complexity index is 504. The fourth-order valence-corrected chi connectivity index (χ4v) is 3.15. The van der Waals surface area contributed by atoms with Crippen molar-refractivity contribution in [3.05, 3.63) is 22.4 Å². The molecule has 1 aromatic rings. The third-order valence-corrected chi connectivity index (χ3v) is 4.55. The minimum Gasteiger partial charge on any atom is -0.390 e. The van der Waals surface area contributed by atoms with Crippen molar-refractivity contribution >= 4 is 23.2 Å². The van der Waals surface area contributed by atoms with Gasteiger partial charge in [-0.05, 0) is 28.8 Å². The van der Waals surface area contributed by atoms with Crippen LogP contribution in [0.3, 0.4) is 0 Å². The third-order valence-electron chi connectivity index (χ3n) is 3.81. The Labute approximate surface area is 134 Å². The molecular formula is C15H23N3O3S. The van der Waals surface area contributed by atoms with Crippen molar-refractivity contribution in [2.24, 2.45) is 0 Å². The number of amides is 2. The van der Waals surface area contributed by atoms with Gasteiger partial charge in [-0.2, -0.15) is 11.3 Å². The maximum Gasteiger partial charge on any atom is 0.236 e. The molecule has 1 aliphatic heterocycles. The quantitative estimate of drug-likeness (QED) is 0.795. The molecule has 2 atom stereocenters. The minimum atomic E-state index is -0.643. The van der Waals surface area contributed by atoms with E-state index in [1.54, 1.807) is 30.3 Å². The summed E-state index contributed by atoms with van der Waals surface area (Å²) in [6, 6.07) is 1.69. The predicted molar refractivity (Wildman–Crippen MR) is 85.7 cm³/mol. The first-order valence-electron chi connectivity index (χ1n) is 7.36. The molecular weight excluding hydrogens is 302 g/mol. The van der Waals surface area contributed by atoms with Crippen molar-refractivity contribution in [3.63, 3.8) is 0 Å². The Hall–Kier alpha value is -1.44. The number of thiophene rings is 1. The maximum atomic E-state index is 12.0. The molecule has 0 radical (unpaired) electrons. The van der Waals surface area contributed by atoms with Crippen molar-refractivity contribution in [1.29, 1.82) is 0 Å². The van der Waals surface area contributed by atoms with Gasteiger partial charge in [0.25, 0.3) is 0 Å². The van der Waals surface area contributed by atoms with Crippen molar-refractivity contribution < 1.29 is 14.7 Å². The molecule has 2 amide bonds. The van der Waals surface area contributed by atoms with Gasteiger partial charge >= 0.3 is 0 Å². The van der Waals surface area contributed by atoms with Crippen LogP contribution >= 0.6 is 11.3 Å². The highest BCUT2D eigenvalue weighted by molar-refractivity contribution is 7.07. The summed E-state index contributed by atoms with van der Waals surface area (Å²) in [6.07, 6.45) is 0.349. The van der Waals surface area contributed by atoms with Crippen molar-refractivity contribution in [2.75, 3.05) is 33.7 Å². The zero-order chi connectivity index (χ0) is 16.1. The largest absolute Gasteiger partial charge is 0.390 e. The fourth-order valence-electron chi connectivity index (χ4n) is 2.48. The lowest BCUT2D eigenvalue weighted by atomic mass is 10.0. The number of aliphatic hydroxyl groups excluding tert-OH is 1. The second-order valence-electron chi connectivity index (χ2n) is 5.86. The molecule has 0 aromatic carbocycles. The molecule has 1 aromatic heterocycles. The number of carbonyl (C=O) groups is 2. The number of rotatable bonds is 5. The van der Waals surface area contributed by atoms with Gasteiger partial charge in [0, 0.05) is 27.2 Å². The molecule has 6 nitrogen and oxygen atoms in total. The lowest BCUT2D eigenvalue weighted by Gasteiger charge is -2.36. The Morgan fingerprint density at radius 2 is 2.27 bits per heavy atom. The number of likely N-dealkylation sites (N-methyl/N-ethyl adjacent to an activating group) is 1. The van der Waals surface area contributed by atoms with E-state index in [-0.39, 0.29) is 17.9 Å². The molecule has 22 heavy (non-hydrogen) atoms. The summed E-state index contributed by atoms with van der Waals surface area (Å²) in [7, 11) is 3.44. The molecule has 1 fully saturated rings. The van der Waals surface area contributed by atoms with E-state index in [9.17, 15) is 14.7 Å². The molecule has 1 saturated heterocycles. The molecule has 2 rings (SSSR count). The maximum absolute atomic E-state index is 12.0. The minimum absolute atomic E-state index is 0.0205. The second-order valence-corrected chi connectivity index (χ2v) is 6.64. The first kappa shape index (κ1) is 16.9. The highest BCUT2D eigenvalue weighted by atomic mass is 32.1. The van der Waals surface area contributed by atoms with E-state index in [0.717, 1.165) is 5.56 Å². The summed E-state index contributed by atoms with van der Waals surface area (Å²) in [5, 5.41) is 17.0. The number of hydrogen-bond donors (Lipinski definition) is 2. The van der Waals surface area contributed by atoms with Crippen LogP contribution in [0.15, 0.2) is 16.8 Å². The van der Waals surface area contributed by atoms with E-state index in [2.05, 4.69) is 5.32 Å². The number of carbonyl (C=O) groups excluding carboxylic acids is 2. The number of aliphatic hydroxyl groups is 1. The number of nitrogens with one attached hydrogen (secondary N) is 1. The van der Waals surface area contributed by atoms with Crippen molar-refractivity contribution in [3.8, 4) is 0 Å². The molecule has 1 aliphatic rings. The van der Waals surface area contributed by atoms with E-state index < -0.39 is 6.10 Å². The lowest BCUT2D eigenvalue weighted by molar-refractivity contribution is -0.131. The lowest BCUT2D eigenvalue weighted by Crippen LogP contribution is -2.55. The Morgan fingerprint density at radius 3 is 2.86 bits per heavy atom. The summed E-state index contributed by atoms with van der Waals surface area (Å²) < 4.78 is 0. The normalized spacial score (nSPS) is 22.3. The first-order chi connectivity index (χ1) is 10.5. The average Bonchev–Trinajstić information content (AvgIpc) is 2.94. The zero-order valence-electron chi connectivity index (χ0n) is 13.0. The summed E-state index contributed by atoms with van der Waals surface area (Å²) in [5.74, 6) is -0.0487. The van der Waals surface area contributed by atoms with Gasteiger partial charge in [-0.1, -0.05) is 0 Å². The number of hydrogen-bond acceptors (Lipinski definition) is 5. The number of β-amino-alcohol motifs (C(OH)–C–C–N with tert-alkyl or cyclic N) is 1. The van der Waals surface area contributed by atoms with E-state index in [1.165, 1.54) is 0 Å². The van der Waals surface area contributed by atoms with Crippen LogP contribution in [0.4, 0.5) is 0 Å². The summed E-state index contributed by atoms with van der Waals surface area (Å²) in [6.45, 7) is 1.41. The van der Waals surface area contributed by atoms with Gasteiger partial charge in [-0.25, -0.2) is 0 Å². The van der Waals surface area contributed by atoms with Gasteiger partial charge in [0.1, 0.15) is 0 Å². The van der Waals surface area contributed by atoms with Crippen molar-refractivity contribution in [2.45, 2.75) is 25.0 Å². The van der Waals surface area contributed by atoms with Gasteiger partial charge in [0.15, 0.2) is 0 Å². The summed E-state index contributed by atoms with van der Waals surface area (Å²) >= 11 is 1.56. The van der Waals surface area contributed by atoms with Crippen LogP contribution in [-0.4, -0.2) is 72.6 Å². The molecule has 0 aliphatic carbocycles. The zero-order valence-corrected chi connectivity index (χ0v) is 13.8. The Morgan fingerprint density at radius 1 is 1.50 bits per heavy atom. The number of piperidine rings is 1. The third kappa shape index (κ3) is 4.79. The highest BCUT2D eigenvalue weighted by Crippen LogP contribution is 2.12. The van der Waals surface area contributed by atoms with Gasteiger partial charge in [0.2, 0.25) is 11.8 Å². The topological polar surface area (TPSA) is 72.9 Å². The van der Waals surface area contributed by atoms with Crippen molar-refractivity contribution in [1.82, 2.24) is 15.1 Å². The molecule has 0 unspecified atom stereocenters. The molecule has 0 saturated carbocycles. The van der Waals surface area contributed by atoms with Gasteiger partial charge in [0.05, 0.1) is 25.1 Å². The molecule has 122 valence electrons. The molecule has 2 heterocycles. The Kier molecular flexibility index (Phi) is 5.93. The molecule has 2 N–H and O–H groups in total. The van der Waals surface area contributed by atoms with Crippen LogP contribution < -0.4 is 5.32 Å². The Balaban J connectivity index is 1.78. The average molecular weight is 325 g/mol. The van der Waals surface area contributed by atoms with Crippen LogP contribution in [0.5, 0.6) is 0 Å². The van der Waals surface area contributed by atoms with Crippen LogP contribution in [0.2, 0.25) is 0 Å². The van der Waals surface area contributed by atoms with Crippen LogP contribution in [0.1, 0.15) is 12.0 Å².